The Morgan fingerprint density at radius 3 is 2.89 bits per heavy atom. The minimum absolute atomic E-state index is 0.0653. The van der Waals surface area contributed by atoms with E-state index < -0.39 is 0 Å². The van der Waals surface area contributed by atoms with Crippen molar-refractivity contribution >= 4 is 23.8 Å². The Morgan fingerprint density at radius 1 is 1.30 bits per heavy atom. The van der Waals surface area contributed by atoms with E-state index >= 15 is 0 Å². The second-order valence-electron chi connectivity index (χ2n) is 6.00. The molecule has 0 aliphatic rings. The van der Waals surface area contributed by atoms with Gasteiger partial charge < -0.3 is 10.2 Å². The number of nitrogens with zero attached hydrogens (tertiary/aromatic N) is 2. The first-order chi connectivity index (χ1) is 13.1. The molecule has 2 N–H and O–H groups in total. The SMILES string of the molecule is CCCc1n[nH]c(=S)n1NCc1cccc(OCc2c(F)cccc2Cl)c1. The van der Waals surface area contributed by atoms with Gasteiger partial charge in [0.25, 0.3) is 0 Å². The molecule has 5 nitrogen and oxygen atoms in total. The monoisotopic (exact) mass is 406 g/mol. The molecule has 0 fully saturated rings. The van der Waals surface area contributed by atoms with Gasteiger partial charge in [0, 0.05) is 12.0 Å². The Labute approximate surface area is 167 Å². The third-order valence-electron chi connectivity index (χ3n) is 4.00. The fourth-order valence-electron chi connectivity index (χ4n) is 2.63. The number of halogens is 2. The lowest BCUT2D eigenvalue weighted by Crippen LogP contribution is -2.17. The van der Waals surface area contributed by atoms with Gasteiger partial charge in [-0.2, -0.15) is 5.10 Å². The molecule has 8 heteroatoms. The van der Waals surface area contributed by atoms with Gasteiger partial charge >= 0.3 is 0 Å². The third kappa shape index (κ3) is 4.87. The first-order valence-corrected chi connectivity index (χ1v) is 9.42. The lowest BCUT2D eigenvalue weighted by molar-refractivity contribution is 0.299. The van der Waals surface area contributed by atoms with Crippen molar-refractivity contribution in [1.29, 1.82) is 0 Å². The maximum Gasteiger partial charge on any atom is 0.214 e. The quantitative estimate of drug-likeness (QED) is 0.516. The Kier molecular flexibility index (Phi) is 6.47. The molecule has 2 aromatic carbocycles. The van der Waals surface area contributed by atoms with E-state index in [-0.39, 0.29) is 12.4 Å². The standard InChI is InChI=1S/C19H20ClFN4OS/c1-2-5-18-23-24-19(27)25(18)22-11-13-6-3-7-14(10-13)26-12-15-16(20)8-4-9-17(15)21/h3-4,6-10,22H,2,5,11-12H2,1H3,(H,24,27). The van der Waals surface area contributed by atoms with Crippen molar-refractivity contribution in [1.82, 2.24) is 14.9 Å². The summed E-state index contributed by atoms with van der Waals surface area (Å²) in [5.74, 6) is 1.13. The van der Waals surface area contributed by atoms with Gasteiger partial charge in [-0.25, -0.2) is 9.07 Å². The molecule has 0 spiro atoms. The van der Waals surface area contributed by atoms with Crippen molar-refractivity contribution in [3.63, 3.8) is 0 Å². The van der Waals surface area contributed by atoms with E-state index in [0.717, 1.165) is 24.2 Å². The highest BCUT2D eigenvalue weighted by Gasteiger charge is 2.08. The van der Waals surface area contributed by atoms with E-state index in [1.807, 2.05) is 24.3 Å². The molecule has 27 heavy (non-hydrogen) atoms. The smallest absolute Gasteiger partial charge is 0.214 e. The molecule has 0 amide bonds. The molecule has 0 saturated heterocycles. The van der Waals surface area contributed by atoms with Gasteiger partial charge in [-0.15, -0.1) is 0 Å². The molecule has 0 aliphatic heterocycles. The van der Waals surface area contributed by atoms with Crippen LogP contribution in [0.3, 0.4) is 0 Å². The van der Waals surface area contributed by atoms with Crippen LogP contribution >= 0.6 is 23.8 Å². The fraction of sp³-hybridized carbons (Fsp3) is 0.263. The second-order valence-corrected chi connectivity index (χ2v) is 6.80. The van der Waals surface area contributed by atoms with Crippen LogP contribution in [0, 0.1) is 10.6 Å². The van der Waals surface area contributed by atoms with Crippen LogP contribution in [0.2, 0.25) is 5.02 Å². The van der Waals surface area contributed by atoms with Gasteiger partial charge in [0.05, 0.1) is 11.6 Å². The molecule has 0 saturated carbocycles. The molecule has 0 bridgehead atoms. The minimum Gasteiger partial charge on any atom is -0.489 e. The number of benzene rings is 2. The topological polar surface area (TPSA) is 54.9 Å². The fourth-order valence-corrected chi connectivity index (χ4v) is 3.06. The highest BCUT2D eigenvalue weighted by molar-refractivity contribution is 7.71. The van der Waals surface area contributed by atoms with Gasteiger partial charge in [-0.3, -0.25) is 5.10 Å². The summed E-state index contributed by atoms with van der Waals surface area (Å²) in [4.78, 5) is 0. The number of rotatable bonds is 8. The Hall–Kier alpha value is -2.38. The van der Waals surface area contributed by atoms with E-state index in [2.05, 4.69) is 22.5 Å². The van der Waals surface area contributed by atoms with Crippen molar-refractivity contribution in [2.24, 2.45) is 0 Å². The normalized spacial score (nSPS) is 10.8. The highest BCUT2D eigenvalue weighted by atomic mass is 35.5. The van der Waals surface area contributed by atoms with E-state index in [9.17, 15) is 4.39 Å². The van der Waals surface area contributed by atoms with Gasteiger partial charge in [0.1, 0.15) is 18.2 Å². The predicted octanol–water partition coefficient (Wildman–Crippen LogP) is 5.01. The summed E-state index contributed by atoms with van der Waals surface area (Å²) in [6.07, 6.45) is 1.80. The zero-order chi connectivity index (χ0) is 19.2. The summed E-state index contributed by atoms with van der Waals surface area (Å²) in [5.41, 5.74) is 4.61. The first-order valence-electron chi connectivity index (χ1n) is 8.63. The zero-order valence-corrected chi connectivity index (χ0v) is 16.4. The molecule has 0 unspecified atom stereocenters. The zero-order valence-electron chi connectivity index (χ0n) is 14.8. The second kappa shape index (κ2) is 9.01. The summed E-state index contributed by atoms with van der Waals surface area (Å²) in [6, 6.07) is 12.2. The molecule has 142 valence electrons. The Morgan fingerprint density at radius 2 is 2.11 bits per heavy atom. The summed E-state index contributed by atoms with van der Waals surface area (Å²) in [7, 11) is 0. The van der Waals surface area contributed by atoms with Crippen molar-refractivity contribution in [2.45, 2.75) is 32.9 Å². The lowest BCUT2D eigenvalue weighted by Gasteiger charge is -2.12. The number of hydrogen-bond donors (Lipinski definition) is 2. The predicted molar refractivity (Wildman–Crippen MR) is 107 cm³/mol. The van der Waals surface area contributed by atoms with Crippen LogP contribution in [-0.4, -0.2) is 14.9 Å². The van der Waals surface area contributed by atoms with Crippen LogP contribution in [0.4, 0.5) is 4.39 Å². The largest absolute Gasteiger partial charge is 0.489 e. The average Bonchev–Trinajstić information content (AvgIpc) is 3.00. The van der Waals surface area contributed by atoms with Crippen LogP contribution in [0.1, 0.15) is 30.3 Å². The maximum absolute atomic E-state index is 13.9. The van der Waals surface area contributed by atoms with Crippen LogP contribution in [0.15, 0.2) is 42.5 Å². The highest BCUT2D eigenvalue weighted by Crippen LogP contribution is 2.22. The van der Waals surface area contributed by atoms with Crippen molar-refractivity contribution in [3.05, 3.63) is 75.0 Å². The number of hydrogen-bond acceptors (Lipinski definition) is 4. The third-order valence-corrected chi connectivity index (χ3v) is 4.63. The number of aromatic amines is 1. The minimum atomic E-state index is -0.377. The van der Waals surface area contributed by atoms with E-state index in [0.29, 0.717) is 27.7 Å². The lowest BCUT2D eigenvalue weighted by atomic mass is 10.2. The summed E-state index contributed by atoms with van der Waals surface area (Å²) in [6.45, 7) is 2.70. The van der Waals surface area contributed by atoms with Crippen LogP contribution in [0.5, 0.6) is 5.75 Å². The molecule has 1 heterocycles. The molecular formula is C19H20ClFN4OS. The van der Waals surface area contributed by atoms with E-state index in [1.165, 1.54) is 6.07 Å². The van der Waals surface area contributed by atoms with Gasteiger partial charge in [0.2, 0.25) is 4.77 Å². The number of aromatic nitrogens is 3. The van der Waals surface area contributed by atoms with Gasteiger partial charge in [0.15, 0.2) is 5.82 Å². The first kappa shape index (κ1) is 19.4. The Balaban J connectivity index is 1.66. The number of aryl methyl sites for hydroxylation is 1. The van der Waals surface area contributed by atoms with Gasteiger partial charge in [-0.1, -0.05) is 36.7 Å². The van der Waals surface area contributed by atoms with Crippen LogP contribution in [0.25, 0.3) is 0 Å². The number of nitrogens with one attached hydrogen (secondary N) is 2. The van der Waals surface area contributed by atoms with E-state index in [4.69, 9.17) is 28.6 Å². The molecular weight excluding hydrogens is 387 g/mol. The molecule has 0 radical (unpaired) electrons. The van der Waals surface area contributed by atoms with E-state index in [1.54, 1.807) is 16.8 Å². The van der Waals surface area contributed by atoms with Crippen molar-refractivity contribution < 1.29 is 9.13 Å². The molecule has 1 aromatic heterocycles. The number of ether oxygens (including phenoxy) is 1. The summed E-state index contributed by atoms with van der Waals surface area (Å²) >= 11 is 11.3. The van der Waals surface area contributed by atoms with Crippen molar-refractivity contribution in [2.75, 3.05) is 5.43 Å². The molecule has 3 rings (SSSR count). The van der Waals surface area contributed by atoms with Crippen molar-refractivity contribution in [3.8, 4) is 5.75 Å². The Bertz CT molecular complexity index is 952. The molecule has 0 atom stereocenters. The van der Waals surface area contributed by atoms with Crippen LogP contribution < -0.4 is 10.2 Å². The van der Waals surface area contributed by atoms with Gasteiger partial charge in [-0.05, 0) is 48.5 Å². The molecule has 3 aromatic rings. The summed E-state index contributed by atoms with van der Waals surface area (Å²) in [5, 5.41) is 7.38. The number of H-pyrrole nitrogens is 1. The molecule has 0 aliphatic carbocycles. The average molecular weight is 407 g/mol. The van der Waals surface area contributed by atoms with Crippen LogP contribution in [-0.2, 0) is 19.6 Å². The summed E-state index contributed by atoms with van der Waals surface area (Å²) < 4.78 is 21.9. The maximum atomic E-state index is 13.9.